The average Bonchev–Trinajstić information content (AvgIpc) is 2.92. The third-order valence-corrected chi connectivity index (χ3v) is 3.56. The van der Waals surface area contributed by atoms with Crippen molar-refractivity contribution in [3.8, 4) is 0 Å². The lowest BCUT2D eigenvalue weighted by Crippen LogP contribution is -2.13. The highest BCUT2D eigenvalue weighted by Gasteiger charge is 2.15. The molecule has 21 heavy (non-hydrogen) atoms. The van der Waals surface area contributed by atoms with E-state index in [0.29, 0.717) is 16.5 Å². The molecule has 0 bridgehead atoms. The molecule has 1 aromatic heterocycles. The summed E-state index contributed by atoms with van der Waals surface area (Å²) in [6.45, 7) is -0.108. The molecular formula is C11H11N5O4S. The minimum atomic E-state index is -0.477. The number of thioether (sulfide) groups is 1. The van der Waals surface area contributed by atoms with Crippen LogP contribution in [-0.4, -0.2) is 38.2 Å². The number of esters is 1. The van der Waals surface area contributed by atoms with E-state index < -0.39 is 10.9 Å². The molecule has 0 N–H and O–H groups in total. The smallest absolute Gasteiger partial charge is 0.327 e. The first-order valence-electron chi connectivity index (χ1n) is 5.80. The first-order valence-corrected chi connectivity index (χ1v) is 6.78. The minimum Gasteiger partial charge on any atom is -0.468 e. The zero-order valence-corrected chi connectivity index (χ0v) is 11.8. The molecule has 0 radical (unpaired) electrons. The van der Waals surface area contributed by atoms with Crippen molar-refractivity contribution in [2.24, 2.45) is 0 Å². The molecule has 10 heteroatoms. The lowest BCUT2D eigenvalue weighted by molar-refractivity contribution is -0.385. The molecule has 1 aromatic carbocycles. The highest BCUT2D eigenvalue weighted by Crippen LogP contribution is 2.26. The van der Waals surface area contributed by atoms with E-state index in [4.69, 9.17) is 0 Å². The van der Waals surface area contributed by atoms with Gasteiger partial charge >= 0.3 is 5.97 Å². The van der Waals surface area contributed by atoms with Crippen LogP contribution in [0.15, 0.2) is 29.4 Å². The molecule has 0 saturated heterocycles. The van der Waals surface area contributed by atoms with E-state index in [2.05, 4.69) is 20.3 Å². The lowest BCUT2D eigenvalue weighted by atomic mass is 10.2. The van der Waals surface area contributed by atoms with E-state index in [9.17, 15) is 14.9 Å². The summed E-state index contributed by atoms with van der Waals surface area (Å²) in [4.78, 5) is 21.7. The molecule has 0 aliphatic heterocycles. The van der Waals surface area contributed by atoms with Crippen LogP contribution in [0, 0.1) is 10.1 Å². The summed E-state index contributed by atoms with van der Waals surface area (Å²) in [7, 11) is 1.27. The number of hydrogen-bond acceptors (Lipinski definition) is 8. The normalized spacial score (nSPS) is 10.3. The van der Waals surface area contributed by atoms with E-state index in [0.717, 1.165) is 0 Å². The number of tetrazole rings is 1. The van der Waals surface area contributed by atoms with Gasteiger partial charge in [-0.25, -0.2) is 4.68 Å². The standard InChI is InChI=1S/C11H11N5O4S/c1-20-10(17)6-15-11(12-13-14-15)21-7-8-4-2-3-5-9(8)16(18)19/h2-5H,6-7H2,1H3. The van der Waals surface area contributed by atoms with Crippen molar-refractivity contribution in [1.29, 1.82) is 0 Å². The molecular weight excluding hydrogens is 298 g/mol. The summed E-state index contributed by atoms with van der Waals surface area (Å²) in [5, 5.41) is 22.2. The first kappa shape index (κ1) is 14.9. The Morgan fingerprint density at radius 1 is 1.48 bits per heavy atom. The van der Waals surface area contributed by atoms with Gasteiger partial charge in [-0.15, -0.1) is 5.10 Å². The number of hydrogen-bond donors (Lipinski definition) is 0. The number of para-hydroxylation sites is 1. The van der Waals surface area contributed by atoms with Crippen molar-refractivity contribution in [2.45, 2.75) is 17.5 Å². The molecule has 0 aliphatic carbocycles. The predicted molar refractivity (Wildman–Crippen MR) is 72.5 cm³/mol. The van der Waals surface area contributed by atoms with Crippen LogP contribution in [0.5, 0.6) is 0 Å². The SMILES string of the molecule is COC(=O)Cn1nnnc1SCc1ccccc1[N+](=O)[O-]. The number of carbonyl (C=O) groups excluding carboxylic acids is 1. The maximum atomic E-state index is 11.2. The summed E-state index contributed by atoms with van der Waals surface area (Å²) in [6.07, 6.45) is 0. The van der Waals surface area contributed by atoms with Crippen LogP contribution >= 0.6 is 11.8 Å². The number of methoxy groups -OCH3 is 1. The van der Waals surface area contributed by atoms with Crippen molar-refractivity contribution in [1.82, 2.24) is 20.2 Å². The van der Waals surface area contributed by atoms with Crippen LogP contribution in [0.25, 0.3) is 0 Å². The van der Waals surface area contributed by atoms with Gasteiger partial charge in [-0.3, -0.25) is 14.9 Å². The van der Waals surface area contributed by atoms with E-state index in [-0.39, 0.29) is 12.2 Å². The molecule has 0 amide bonds. The Morgan fingerprint density at radius 3 is 2.95 bits per heavy atom. The van der Waals surface area contributed by atoms with Crippen molar-refractivity contribution in [3.05, 3.63) is 39.9 Å². The number of rotatable bonds is 6. The van der Waals surface area contributed by atoms with Gasteiger partial charge in [-0.1, -0.05) is 30.0 Å². The van der Waals surface area contributed by atoms with Crippen molar-refractivity contribution in [2.75, 3.05) is 7.11 Å². The third kappa shape index (κ3) is 3.75. The molecule has 2 aromatic rings. The fourth-order valence-electron chi connectivity index (χ4n) is 1.54. The molecule has 2 rings (SSSR count). The second-order valence-electron chi connectivity index (χ2n) is 3.87. The molecule has 0 saturated carbocycles. The zero-order valence-electron chi connectivity index (χ0n) is 11.0. The van der Waals surface area contributed by atoms with Gasteiger partial charge < -0.3 is 4.74 Å². The second-order valence-corrected chi connectivity index (χ2v) is 4.81. The number of nitrogens with zero attached hydrogens (tertiary/aromatic N) is 5. The Bertz CT molecular complexity index is 660. The highest BCUT2D eigenvalue weighted by molar-refractivity contribution is 7.98. The van der Waals surface area contributed by atoms with Crippen LogP contribution in [0.2, 0.25) is 0 Å². The zero-order chi connectivity index (χ0) is 15.2. The summed E-state index contributed by atoms with van der Waals surface area (Å²) < 4.78 is 5.82. The fourth-order valence-corrected chi connectivity index (χ4v) is 2.41. The summed E-state index contributed by atoms with van der Waals surface area (Å²) in [6, 6.07) is 6.43. The van der Waals surface area contributed by atoms with Crippen molar-refractivity contribution >= 4 is 23.4 Å². The van der Waals surface area contributed by atoms with Gasteiger partial charge in [-0.2, -0.15) is 0 Å². The van der Waals surface area contributed by atoms with Gasteiger partial charge in [0.1, 0.15) is 6.54 Å². The Morgan fingerprint density at radius 2 is 2.24 bits per heavy atom. The van der Waals surface area contributed by atoms with Crippen molar-refractivity contribution in [3.63, 3.8) is 0 Å². The number of benzene rings is 1. The van der Waals surface area contributed by atoms with Gasteiger partial charge in [0.05, 0.1) is 12.0 Å². The highest BCUT2D eigenvalue weighted by atomic mass is 32.2. The van der Waals surface area contributed by atoms with Gasteiger partial charge in [0, 0.05) is 17.4 Å². The van der Waals surface area contributed by atoms with Gasteiger partial charge in [0.15, 0.2) is 0 Å². The number of carbonyl (C=O) groups is 1. The quantitative estimate of drug-likeness (QED) is 0.337. The minimum absolute atomic E-state index is 0.0389. The Hall–Kier alpha value is -2.49. The molecule has 0 atom stereocenters. The molecule has 110 valence electrons. The van der Waals surface area contributed by atoms with E-state index in [1.165, 1.54) is 29.6 Å². The second kappa shape index (κ2) is 6.79. The maximum absolute atomic E-state index is 11.2. The fraction of sp³-hybridized carbons (Fsp3) is 0.273. The Labute approximate surface area is 123 Å². The van der Waals surface area contributed by atoms with Crippen LogP contribution < -0.4 is 0 Å². The molecule has 9 nitrogen and oxygen atoms in total. The van der Waals surface area contributed by atoms with Crippen molar-refractivity contribution < 1.29 is 14.5 Å². The molecule has 0 fully saturated rings. The molecule has 0 unspecified atom stereocenters. The molecule has 0 spiro atoms. The van der Waals surface area contributed by atoms with Crippen LogP contribution in [0.4, 0.5) is 5.69 Å². The monoisotopic (exact) mass is 309 g/mol. The summed E-state index contributed by atoms with van der Waals surface area (Å²) in [5.41, 5.74) is 0.595. The largest absolute Gasteiger partial charge is 0.468 e. The lowest BCUT2D eigenvalue weighted by Gasteiger charge is -2.03. The Balaban J connectivity index is 2.09. The predicted octanol–water partition coefficient (Wildman–Crippen LogP) is 1.05. The maximum Gasteiger partial charge on any atom is 0.327 e. The van der Waals surface area contributed by atoms with Gasteiger partial charge in [0.25, 0.3) is 5.69 Å². The third-order valence-electron chi connectivity index (χ3n) is 2.55. The number of aromatic nitrogens is 4. The topological polar surface area (TPSA) is 113 Å². The average molecular weight is 309 g/mol. The molecule has 1 heterocycles. The van der Waals surface area contributed by atoms with Gasteiger partial charge in [-0.05, 0) is 10.4 Å². The van der Waals surface area contributed by atoms with E-state index >= 15 is 0 Å². The van der Waals surface area contributed by atoms with E-state index in [1.807, 2.05) is 0 Å². The number of nitro benzene ring substituents is 1. The van der Waals surface area contributed by atoms with Gasteiger partial charge in [0.2, 0.25) is 5.16 Å². The Kier molecular flexibility index (Phi) is 4.82. The van der Waals surface area contributed by atoms with E-state index in [1.54, 1.807) is 18.2 Å². The summed E-state index contributed by atoms with van der Waals surface area (Å²) in [5.74, 6) is -0.159. The molecule has 0 aliphatic rings. The number of ether oxygens (including phenoxy) is 1. The summed E-state index contributed by atoms with van der Waals surface area (Å²) >= 11 is 1.21. The van der Waals surface area contributed by atoms with Crippen LogP contribution in [0.3, 0.4) is 0 Å². The van der Waals surface area contributed by atoms with Crippen LogP contribution in [-0.2, 0) is 21.8 Å². The first-order chi connectivity index (χ1) is 10.1. The van der Waals surface area contributed by atoms with Crippen LogP contribution in [0.1, 0.15) is 5.56 Å². The number of nitro groups is 1.